The van der Waals surface area contributed by atoms with Gasteiger partial charge in [0.2, 0.25) is 0 Å². The molecule has 0 N–H and O–H groups in total. The van der Waals surface area contributed by atoms with Crippen LogP contribution in [0, 0.1) is 0 Å². The van der Waals surface area contributed by atoms with Crippen LogP contribution in [-0.4, -0.2) is 10.4 Å². The smallest absolute Gasteiger partial charge is 0.189 e. The second-order valence-electron chi connectivity index (χ2n) is 3.87. The van der Waals surface area contributed by atoms with Crippen LogP contribution in [0.25, 0.3) is 0 Å². The van der Waals surface area contributed by atoms with E-state index in [1.54, 1.807) is 0 Å². The number of hydrogen-bond acceptors (Lipinski definition) is 2. The van der Waals surface area contributed by atoms with Crippen LogP contribution in [0.3, 0.4) is 0 Å². The lowest BCUT2D eigenvalue weighted by Gasteiger charge is -2.06. The molecule has 0 amide bonds. The predicted molar refractivity (Wildman–Crippen MR) is 65.7 cm³/mol. The minimum Gasteiger partial charge on any atom is -0.287 e. The Hall–Kier alpha value is 0.0200. The van der Waals surface area contributed by atoms with E-state index in [0.29, 0.717) is 10.4 Å². The van der Waals surface area contributed by atoms with Crippen molar-refractivity contribution >= 4 is 16.9 Å². The largest absolute Gasteiger partial charge is 0.287 e. The third-order valence-electron chi connectivity index (χ3n) is 2.39. The molecular formula is C12H24OS. The summed E-state index contributed by atoms with van der Waals surface area (Å²) in [5.74, 6) is 0. The van der Waals surface area contributed by atoms with Gasteiger partial charge in [-0.3, -0.25) is 4.79 Å². The molecule has 0 aliphatic carbocycles. The minimum absolute atomic E-state index is 0.385. The van der Waals surface area contributed by atoms with Crippen LogP contribution in [-0.2, 0) is 4.79 Å². The Morgan fingerprint density at radius 3 is 2.36 bits per heavy atom. The lowest BCUT2D eigenvalue weighted by atomic mass is 10.1. The van der Waals surface area contributed by atoms with Gasteiger partial charge in [-0.25, -0.2) is 0 Å². The molecule has 0 rings (SSSR count). The quantitative estimate of drug-likeness (QED) is 0.559. The molecule has 0 heterocycles. The molecule has 0 bridgehead atoms. The van der Waals surface area contributed by atoms with Gasteiger partial charge in [-0.15, -0.1) is 0 Å². The van der Waals surface area contributed by atoms with Crippen LogP contribution < -0.4 is 0 Å². The van der Waals surface area contributed by atoms with E-state index in [1.165, 1.54) is 37.4 Å². The van der Waals surface area contributed by atoms with E-state index in [4.69, 9.17) is 0 Å². The Balaban J connectivity index is 3.27. The highest BCUT2D eigenvalue weighted by molar-refractivity contribution is 8.14. The van der Waals surface area contributed by atoms with Crippen LogP contribution >= 0.6 is 11.8 Å². The van der Waals surface area contributed by atoms with Gasteiger partial charge in [0.15, 0.2) is 5.12 Å². The fraction of sp³-hybridized carbons (Fsp3) is 0.917. The zero-order chi connectivity index (χ0) is 10.8. The average molecular weight is 216 g/mol. The van der Waals surface area contributed by atoms with Gasteiger partial charge in [-0.1, -0.05) is 58.2 Å². The number of thioether (sulfide) groups is 1. The van der Waals surface area contributed by atoms with Gasteiger partial charge in [0, 0.05) is 11.7 Å². The molecule has 14 heavy (non-hydrogen) atoms. The third-order valence-corrected chi connectivity index (χ3v) is 3.59. The maximum absolute atomic E-state index is 11.4. The summed E-state index contributed by atoms with van der Waals surface area (Å²) in [7, 11) is 0. The van der Waals surface area contributed by atoms with Gasteiger partial charge < -0.3 is 0 Å². The van der Waals surface area contributed by atoms with Gasteiger partial charge in [0.05, 0.1) is 0 Å². The Morgan fingerprint density at radius 1 is 1.14 bits per heavy atom. The van der Waals surface area contributed by atoms with Crippen molar-refractivity contribution in [1.82, 2.24) is 0 Å². The van der Waals surface area contributed by atoms with Crippen molar-refractivity contribution in [3.8, 4) is 0 Å². The summed E-state index contributed by atoms with van der Waals surface area (Å²) in [6.07, 6.45) is 8.05. The molecule has 1 atom stereocenters. The van der Waals surface area contributed by atoms with Crippen LogP contribution in [0.4, 0.5) is 0 Å². The summed E-state index contributed by atoms with van der Waals surface area (Å²) >= 11 is 1.52. The fourth-order valence-corrected chi connectivity index (χ4v) is 2.12. The summed E-state index contributed by atoms with van der Waals surface area (Å²) in [6, 6.07) is 0. The van der Waals surface area contributed by atoms with Crippen LogP contribution in [0.2, 0.25) is 0 Å². The summed E-state index contributed by atoms with van der Waals surface area (Å²) in [6.45, 7) is 6.47. The molecule has 0 saturated carbocycles. The zero-order valence-electron chi connectivity index (χ0n) is 9.84. The second kappa shape index (κ2) is 9.57. The highest BCUT2D eigenvalue weighted by Gasteiger charge is 2.07. The molecule has 0 spiro atoms. The highest BCUT2D eigenvalue weighted by atomic mass is 32.2. The molecule has 2 heteroatoms. The Bertz CT molecular complexity index is 145. The van der Waals surface area contributed by atoms with Crippen LogP contribution in [0.5, 0.6) is 0 Å². The Morgan fingerprint density at radius 2 is 1.79 bits per heavy atom. The topological polar surface area (TPSA) is 17.1 Å². The first-order valence-corrected chi connectivity index (χ1v) is 6.78. The molecule has 0 fully saturated rings. The van der Waals surface area contributed by atoms with Crippen LogP contribution in [0.1, 0.15) is 65.7 Å². The molecule has 0 aliphatic rings. The SMILES string of the molecule is CCCCCCCC(=O)SC(C)CC. The van der Waals surface area contributed by atoms with Crippen molar-refractivity contribution < 1.29 is 4.79 Å². The molecule has 84 valence electrons. The van der Waals surface area contributed by atoms with Gasteiger partial charge in [0.1, 0.15) is 0 Å². The van der Waals surface area contributed by atoms with Crippen LogP contribution in [0.15, 0.2) is 0 Å². The zero-order valence-corrected chi connectivity index (χ0v) is 10.7. The van der Waals surface area contributed by atoms with Crippen molar-refractivity contribution in [2.24, 2.45) is 0 Å². The van der Waals surface area contributed by atoms with Crippen molar-refractivity contribution in [3.05, 3.63) is 0 Å². The van der Waals surface area contributed by atoms with E-state index in [0.717, 1.165) is 19.3 Å². The normalized spacial score (nSPS) is 12.8. The van der Waals surface area contributed by atoms with Gasteiger partial charge in [-0.2, -0.15) is 0 Å². The van der Waals surface area contributed by atoms with E-state index in [9.17, 15) is 4.79 Å². The molecule has 0 aromatic carbocycles. The lowest BCUT2D eigenvalue weighted by Crippen LogP contribution is -2.00. The van der Waals surface area contributed by atoms with E-state index in [2.05, 4.69) is 20.8 Å². The molecule has 0 saturated heterocycles. The summed E-state index contributed by atoms with van der Waals surface area (Å²) < 4.78 is 0. The fourth-order valence-electron chi connectivity index (χ4n) is 1.24. The van der Waals surface area contributed by atoms with Gasteiger partial charge in [0.25, 0.3) is 0 Å². The number of rotatable bonds is 8. The van der Waals surface area contributed by atoms with Crippen molar-refractivity contribution in [1.29, 1.82) is 0 Å². The Labute approximate surface area is 93.0 Å². The highest BCUT2D eigenvalue weighted by Crippen LogP contribution is 2.18. The minimum atomic E-state index is 0.385. The van der Waals surface area contributed by atoms with Crippen molar-refractivity contribution in [3.63, 3.8) is 0 Å². The first kappa shape index (κ1) is 14.0. The van der Waals surface area contributed by atoms with E-state index < -0.39 is 0 Å². The maximum Gasteiger partial charge on any atom is 0.189 e. The second-order valence-corrected chi connectivity index (χ2v) is 5.37. The van der Waals surface area contributed by atoms with Crippen molar-refractivity contribution in [2.75, 3.05) is 0 Å². The lowest BCUT2D eigenvalue weighted by molar-refractivity contribution is -0.111. The molecule has 0 aromatic rings. The maximum atomic E-state index is 11.4. The molecular weight excluding hydrogens is 192 g/mol. The van der Waals surface area contributed by atoms with E-state index >= 15 is 0 Å². The number of hydrogen-bond donors (Lipinski definition) is 0. The molecule has 1 unspecified atom stereocenters. The number of carbonyl (C=O) groups excluding carboxylic acids is 1. The Kier molecular flexibility index (Phi) is 9.58. The molecule has 0 aromatic heterocycles. The molecule has 0 aliphatic heterocycles. The first-order valence-electron chi connectivity index (χ1n) is 5.90. The number of unbranched alkanes of at least 4 members (excludes halogenated alkanes) is 4. The summed E-state index contributed by atoms with van der Waals surface area (Å²) in [4.78, 5) is 11.4. The standard InChI is InChI=1S/C12H24OS/c1-4-6-7-8-9-10-12(13)14-11(3)5-2/h11H,4-10H2,1-3H3. The predicted octanol–water partition coefficient (Wildman–Crippen LogP) is 4.41. The van der Waals surface area contributed by atoms with E-state index in [-0.39, 0.29) is 0 Å². The molecule has 0 radical (unpaired) electrons. The summed E-state index contributed by atoms with van der Waals surface area (Å²) in [5.41, 5.74) is 0. The number of carbonyl (C=O) groups is 1. The van der Waals surface area contributed by atoms with Gasteiger partial charge >= 0.3 is 0 Å². The van der Waals surface area contributed by atoms with E-state index in [1.807, 2.05) is 0 Å². The van der Waals surface area contributed by atoms with Gasteiger partial charge in [-0.05, 0) is 12.8 Å². The average Bonchev–Trinajstić information content (AvgIpc) is 2.17. The monoisotopic (exact) mass is 216 g/mol. The first-order chi connectivity index (χ1) is 6.70. The third kappa shape index (κ3) is 8.61. The molecule has 1 nitrogen and oxygen atoms in total. The summed E-state index contributed by atoms with van der Waals surface area (Å²) in [5, 5.41) is 0.883. The van der Waals surface area contributed by atoms with Crippen molar-refractivity contribution in [2.45, 2.75) is 71.0 Å².